The minimum absolute atomic E-state index is 0.568. The van der Waals surface area contributed by atoms with E-state index < -0.39 is 0 Å². The van der Waals surface area contributed by atoms with Gasteiger partial charge in [-0.25, -0.2) is 15.0 Å². The van der Waals surface area contributed by atoms with Crippen LogP contribution in [0.3, 0.4) is 0 Å². The Morgan fingerprint density at radius 2 is 2.00 bits per heavy atom. The number of hydrogen-bond donors (Lipinski definition) is 1. The fraction of sp³-hybridized carbons (Fsp3) is 0.364. The van der Waals surface area contributed by atoms with Gasteiger partial charge in [0.15, 0.2) is 0 Å². The maximum atomic E-state index is 5.86. The second-order valence-electron chi connectivity index (χ2n) is 3.75. The zero-order valence-corrected chi connectivity index (χ0v) is 10.4. The van der Waals surface area contributed by atoms with Gasteiger partial charge in [-0.15, -0.1) is 11.3 Å². The summed E-state index contributed by atoms with van der Waals surface area (Å²) in [7, 11) is 0. The van der Waals surface area contributed by atoms with Crippen molar-refractivity contribution >= 4 is 17.2 Å². The Hall–Kier alpha value is -1.49. The van der Waals surface area contributed by atoms with Gasteiger partial charge in [-0.1, -0.05) is 0 Å². The smallest absolute Gasteiger partial charge is 0.130 e. The van der Waals surface area contributed by atoms with Crippen LogP contribution in [0.2, 0.25) is 0 Å². The summed E-state index contributed by atoms with van der Waals surface area (Å²) in [6, 6.07) is 0. The van der Waals surface area contributed by atoms with Gasteiger partial charge in [-0.05, 0) is 20.8 Å². The summed E-state index contributed by atoms with van der Waals surface area (Å²) in [6.45, 7) is 5.86. The molecule has 2 heterocycles. The molecule has 2 N–H and O–H groups in total. The molecule has 0 radical (unpaired) electrons. The van der Waals surface area contributed by atoms with E-state index in [9.17, 15) is 0 Å². The maximum Gasteiger partial charge on any atom is 0.130 e. The zero-order valence-electron chi connectivity index (χ0n) is 9.61. The van der Waals surface area contributed by atoms with Gasteiger partial charge in [0.1, 0.15) is 11.6 Å². The second kappa shape index (κ2) is 4.17. The average Bonchev–Trinajstić information content (AvgIpc) is 2.50. The number of nitrogens with two attached hydrogens (primary N) is 1. The van der Waals surface area contributed by atoms with E-state index in [1.54, 1.807) is 17.5 Å². The third-order valence-corrected chi connectivity index (χ3v) is 3.44. The Morgan fingerprint density at radius 1 is 1.25 bits per heavy atom. The molecule has 0 atom stereocenters. The zero-order chi connectivity index (χ0) is 11.7. The minimum atomic E-state index is 0.568. The molecule has 0 bridgehead atoms. The van der Waals surface area contributed by atoms with Crippen molar-refractivity contribution in [2.75, 3.05) is 5.73 Å². The van der Waals surface area contributed by atoms with E-state index >= 15 is 0 Å². The predicted molar refractivity (Wildman–Crippen MR) is 65.6 cm³/mol. The van der Waals surface area contributed by atoms with Crippen LogP contribution in [0.4, 0.5) is 5.82 Å². The number of nitrogen functional groups attached to an aromatic ring is 1. The van der Waals surface area contributed by atoms with Crippen molar-refractivity contribution in [2.24, 2.45) is 0 Å². The molecule has 0 spiro atoms. The summed E-state index contributed by atoms with van der Waals surface area (Å²) in [5.41, 5.74) is 7.90. The highest BCUT2D eigenvalue weighted by atomic mass is 32.1. The van der Waals surface area contributed by atoms with Gasteiger partial charge in [0.25, 0.3) is 0 Å². The van der Waals surface area contributed by atoms with Crippen molar-refractivity contribution in [3.63, 3.8) is 0 Å². The van der Waals surface area contributed by atoms with Crippen LogP contribution in [-0.4, -0.2) is 15.0 Å². The van der Waals surface area contributed by atoms with Gasteiger partial charge in [-0.3, -0.25) is 0 Å². The molecule has 0 aromatic carbocycles. The Labute approximate surface area is 98.6 Å². The van der Waals surface area contributed by atoms with Gasteiger partial charge in [0.2, 0.25) is 0 Å². The molecule has 0 saturated carbocycles. The SMILES string of the molecule is Cc1ncc(Cc2sc(C)nc2C)c(N)n1. The minimum Gasteiger partial charge on any atom is -0.383 e. The second-order valence-corrected chi connectivity index (χ2v) is 5.03. The van der Waals surface area contributed by atoms with Crippen molar-refractivity contribution in [1.29, 1.82) is 0 Å². The Balaban J connectivity index is 2.30. The van der Waals surface area contributed by atoms with Crippen LogP contribution in [0.15, 0.2) is 6.20 Å². The van der Waals surface area contributed by atoms with Gasteiger partial charge in [0, 0.05) is 23.1 Å². The first-order valence-corrected chi connectivity index (χ1v) is 5.89. The molecule has 16 heavy (non-hydrogen) atoms. The molecule has 84 valence electrons. The molecular formula is C11H14N4S. The molecule has 4 nitrogen and oxygen atoms in total. The number of rotatable bonds is 2. The standard InChI is InChI=1S/C11H14N4S/c1-6-10(16-8(3)14-6)4-9-5-13-7(2)15-11(9)12/h5H,4H2,1-3H3,(H2,12,13,15). The molecule has 2 aromatic rings. The quantitative estimate of drug-likeness (QED) is 0.863. The topological polar surface area (TPSA) is 64.7 Å². The average molecular weight is 234 g/mol. The largest absolute Gasteiger partial charge is 0.383 e. The molecule has 0 saturated heterocycles. The van der Waals surface area contributed by atoms with Crippen LogP contribution < -0.4 is 5.73 Å². The normalized spacial score (nSPS) is 10.7. The summed E-state index contributed by atoms with van der Waals surface area (Å²) >= 11 is 1.70. The van der Waals surface area contributed by atoms with Crippen LogP contribution in [0.5, 0.6) is 0 Å². The summed E-state index contributed by atoms with van der Waals surface area (Å²) < 4.78 is 0. The van der Waals surface area contributed by atoms with Crippen LogP contribution in [0, 0.1) is 20.8 Å². The Bertz CT molecular complexity index is 519. The maximum absolute atomic E-state index is 5.86. The lowest BCUT2D eigenvalue weighted by Gasteiger charge is -2.03. The van der Waals surface area contributed by atoms with Crippen LogP contribution in [0.25, 0.3) is 0 Å². The van der Waals surface area contributed by atoms with E-state index in [1.807, 2.05) is 20.8 Å². The number of aryl methyl sites for hydroxylation is 3. The van der Waals surface area contributed by atoms with Gasteiger partial charge < -0.3 is 5.73 Å². The fourth-order valence-corrected chi connectivity index (χ4v) is 2.52. The van der Waals surface area contributed by atoms with E-state index in [0.717, 1.165) is 22.7 Å². The lowest BCUT2D eigenvalue weighted by molar-refractivity contribution is 1.01. The lowest BCUT2D eigenvalue weighted by atomic mass is 10.2. The van der Waals surface area contributed by atoms with Crippen molar-refractivity contribution in [3.05, 3.63) is 33.2 Å². The number of aromatic nitrogens is 3. The fourth-order valence-electron chi connectivity index (χ4n) is 1.56. The summed E-state index contributed by atoms with van der Waals surface area (Å²) in [6.07, 6.45) is 2.57. The van der Waals surface area contributed by atoms with E-state index in [-0.39, 0.29) is 0 Å². The summed E-state index contributed by atoms with van der Waals surface area (Å²) in [4.78, 5) is 13.9. The molecule has 2 rings (SSSR count). The molecule has 0 fully saturated rings. The summed E-state index contributed by atoms with van der Waals surface area (Å²) in [5.74, 6) is 1.27. The summed E-state index contributed by atoms with van der Waals surface area (Å²) in [5, 5.41) is 1.08. The molecule has 0 amide bonds. The first kappa shape index (κ1) is 11.0. The molecular weight excluding hydrogens is 220 g/mol. The van der Waals surface area contributed by atoms with Crippen LogP contribution >= 0.6 is 11.3 Å². The first-order chi connectivity index (χ1) is 7.56. The molecule has 0 unspecified atom stereocenters. The third kappa shape index (κ3) is 2.19. The van der Waals surface area contributed by atoms with Crippen molar-refractivity contribution in [1.82, 2.24) is 15.0 Å². The lowest BCUT2D eigenvalue weighted by Crippen LogP contribution is -2.02. The van der Waals surface area contributed by atoms with Gasteiger partial charge in [0.05, 0.1) is 10.7 Å². The van der Waals surface area contributed by atoms with E-state index in [0.29, 0.717) is 11.6 Å². The van der Waals surface area contributed by atoms with Gasteiger partial charge in [-0.2, -0.15) is 0 Å². The van der Waals surface area contributed by atoms with Gasteiger partial charge >= 0.3 is 0 Å². The van der Waals surface area contributed by atoms with Crippen LogP contribution in [0.1, 0.15) is 27.0 Å². The van der Waals surface area contributed by atoms with Crippen molar-refractivity contribution in [3.8, 4) is 0 Å². The first-order valence-electron chi connectivity index (χ1n) is 5.07. The molecule has 0 aliphatic rings. The number of anilines is 1. The van der Waals surface area contributed by atoms with E-state index in [2.05, 4.69) is 15.0 Å². The molecule has 2 aromatic heterocycles. The van der Waals surface area contributed by atoms with Crippen LogP contribution in [-0.2, 0) is 6.42 Å². The predicted octanol–water partition coefficient (Wildman–Crippen LogP) is 2.03. The Morgan fingerprint density at radius 3 is 2.56 bits per heavy atom. The number of nitrogens with zero attached hydrogens (tertiary/aromatic N) is 3. The van der Waals surface area contributed by atoms with Crippen molar-refractivity contribution in [2.45, 2.75) is 27.2 Å². The number of hydrogen-bond acceptors (Lipinski definition) is 5. The van der Waals surface area contributed by atoms with Crippen molar-refractivity contribution < 1.29 is 0 Å². The highest BCUT2D eigenvalue weighted by molar-refractivity contribution is 7.11. The molecule has 5 heteroatoms. The molecule has 0 aliphatic carbocycles. The highest BCUT2D eigenvalue weighted by Gasteiger charge is 2.09. The Kier molecular flexibility index (Phi) is 2.87. The van der Waals surface area contributed by atoms with E-state index in [1.165, 1.54) is 4.88 Å². The monoisotopic (exact) mass is 234 g/mol. The highest BCUT2D eigenvalue weighted by Crippen LogP contribution is 2.22. The number of thiazole rings is 1. The molecule has 0 aliphatic heterocycles. The third-order valence-electron chi connectivity index (χ3n) is 2.37. The van der Waals surface area contributed by atoms with E-state index in [4.69, 9.17) is 5.73 Å².